The van der Waals surface area contributed by atoms with Gasteiger partial charge in [0.2, 0.25) is 4.77 Å². The number of hydrogen-bond acceptors (Lipinski definition) is 4. The van der Waals surface area contributed by atoms with Gasteiger partial charge in [0.15, 0.2) is 0 Å². The highest BCUT2D eigenvalue weighted by atomic mass is 32.1. The Labute approximate surface area is 171 Å². The second kappa shape index (κ2) is 7.89. The Morgan fingerprint density at radius 1 is 0.893 bits per heavy atom. The second-order valence-corrected chi connectivity index (χ2v) is 7.90. The summed E-state index contributed by atoms with van der Waals surface area (Å²) in [7, 11) is 0. The molecule has 1 saturated heterocycles. The van der Waals surface area contributed by atoms with Gasteiger partial charge in [-0.2, -0.15) is 5.10 Å². The highest BCUT2D eigenvalue weighted by molar-refractivity contribution is 7.71. The predicted octanol–water partition coefficient (Wildman–Crippen LogP) is 4.11. The van der Waals surface area contributed by atoms with E-state index < -0.39 is 0 Å². The molecule has 1 aromatic heterocycles. The molecule has 2 aromatic carbocycles. The molecule has 146 valence electrons. The van der Waals surface area contributed by atoms with Crippen molar-refractivity contribution in [3.8, 4) is 5.69 Å². The maximum atomic E-state index is 5.74. The molecule has 0 bridgehead atoms. The third kappa shape index (κ3) is 3.75. The van der Waals surface area contributed by atoms with Gasteiger partial charge in [0.1, 0.15) is 5.82 Å². The van der Waals surface area contributed by atoms with Gasteiger partial charge in [-0.1, -0.05) is 35.9 Å². The Bertz CT molecular complexity index is 1010. The zero-order chi connectivity index (χ0) is 19.7. The van der Waals surface area contributed by atoms with Crippen molar-refractivity contribution in [1.29, 1.82) is 0 Å². The molecular weight excluding hydrogens is 366 g/mol. The molecule has 4 rings (SSSR count). The largest absolute Gasteiger partial charge is 0.369 e. The summed E-state index contributed by atoms with van der Waals surface area (Å²) in [6.07, 6.45) is 0. The molecule has 1 aliphatic rings. The minimum absolute atomic E-state index is 0.736. The van der Waals surface area contributed by atoms with Crippen molar-refractivity contribution in [3.05, 3.63) is 70.3 Å². The van der Waals surface area contributed by atoms with Gasteiger partial charge in [-0.25, -0.2) is 4.68 Å². The number of benzene rings is 2. The van der Waals surface area contributed by atoms with Crippen molar-refractivity contribution >= 4 is 17.9 Å². The van der Waals surface area contributed by atoms with E-state index in [2.05, 4.69) is 76.7 Å². The zero-order valence-corrected chi connectivity index (χ0v) is 17.6. The number of anilines is 1. The van der Waals surface area contributed by atoms with E-state index in [-0.39, 0.29) is 0 Å². The average molecular weight is 394 g/mol. The molecule has 1 fully saturated rings. The monoisotopic (exact) mass is 393 g/mol. The maximum Gasteiger partial charge on any atom is 0.203 e. The quantitative estimate of drug-likeness (QED) is 0.624. The van der Waals surface area contributed by atoms with E-state index >= 15 is 0 Å². The number of aryl methyl sites for hydroxylation is 3. The first-order valence-electron chi connectivity index (χ1n) is 9.79. The Hall–Kier alpha value is -2.44. The van der Waals surface area contributed by atoms with Crippen molar-refractivity contribution in [2.24, 2.45) is 0 Å². The fourth-order valence-corrected chi connectivity index (χ4v) is 4.17. The molecule has 0 atom stereocenters. The topological polar surface area (TPSA) is 29.2 Å². The maximum absolute atomic E-state index is 5.74. The van der Waals surface area contributed by atoms with Crippen LogP contribution in [0, 0.1) is 25.5 Å². The minimum atomic E-state index is 0.736. The number of nitrogens with zero attached hydrogens (tertiary/aromatic N) is 5. The van der Waals surface area contributed by atoms with Crippen molar-refractivity contribution in [2.45, 2.75) is 27.4 Å². The van der Waals surface area contributed by atoms with Crippen LogP contribution >= 0.6 is 12.2 Å². The molecular formula is C22H27N5S. The van der Waals surface area contributed by atoms with Crippen LogP contribution in [-0.4, -0.2) is 45.4 Å². The third-order valence-electron chi connectivity index (χ3n) is 5.46. The van der Waals surface area contributed by atoms with Gasteiger partial charge in [-0.05, 0) is 56.8 Å². The third-order valence-corrected chi connectivity index (χ3v) is 5.85. The van der Waals surface area contributed by atoms with Crippen LogP contribution in [0.2, 0.25) is 0 Å². The van der Waals surface area contributed by atoms with Crippen molar-refractivity contribution in [2.75, 3.05) is 31.1 Å². The molecule has 0 aliphatic carbocycles. The number of para-hydroxylation sites is 1. The summed E-state index contributed by atoms with van der Waals surface area (Å²) in [5, 5.41) is 4.71. The number of hydrogen-bond donors (Lipinski definition) is 0. The van der Waals surface area contributed by atoms with E-state index in [1.165, 1.54) is 16.8 Å². The Morgan fingerprint density at radius 3 is 2.25 bits per heavy atom. The van der Waals surface area contributed by atoms with E-state index in [1.54, 1.807) is 0 Å². The molecule has 2 heterocycles. The lowest BCUT2D eigenvalue weighted by Crippen LogP contribution is -2.47. The molecule has 3 aromatic rings. The van der Waals surface area contributed by atoms with Crippen LogP contribution in [0.5, 0.6) is 0 Å². The molecule has 1 aliphatic heterocycles. The first kappa shape index (κ1) is 18.9. The molecule has 0 radical (unpaired) electrons. The molecule has 6 heteroatoms. The standard InChI is InChI=1S/C22H27N5S/c1-17-8-10-20(11-9-17)27-19(3)23-26(22(27)28)16-24-12-14-25(15-13-24)21-7-5-4-6-18(21)2/h4-11H,12-16H2,1-3H3. The molecule has 5 nitrogen and oxygen atoms in total. The fraction of sp³-hybridized carbons (Fsp3) is 0.364. The van der Waals surface area contributed by atoms with Gasteiger partial charge >= 0.3 is 0 Å². The normalized spacial score (nSPS) is 15.2. The van der Waals surface area contributed by atoms with Gasteiger partial charge in [0.25, 0.3) is 0 Å². The lowest BCUT2D eigenvalue weighted by Gasteiger charge is -2.36. The summed E-state index contributed by atoms with van der Waals surface area (Å²) < 4.78 is 4.76. The number of aromatic nitrogens is 3. The Balaban J connectivity index is 1.46. The molecule has 0 unspecified atom stereocenters. The van der Waals surface area contributed by atoms with Gasteiger partial charge in [-0.15, -0.1) is 0 Å². The molecule has 0 saturated carbocycles. The van der Waals surface area contributed by atoms with E-state index in [0.29, 0.717) is 0 Å². The van der Waals surface area contributed by atoms with Crippen molar-refractivity contribution in [1.82, 2.24) is 19.2 Å². The van der Waals surface area contributed by atoms with Gasteiger partial charge < -0.3 is 4.90 Å². The number of rotatable bonds is 4. The smallest absolute Gasteiger partial charge is 0.203 e. The van der Waals surface area contributed by atoms with Crippen LogP contribution in [0.4, 0.5) is 5.69 Å². The summed E-state index contributed by atoms with van der Waals surface area (Å²) in [4.78, 5) is 4.90. The lowest BCUT2D eigenvalue weighted by atomic mass is 10.1. The average Bonchev–Trinajstić information content (AvgIpc) is 2.97. The highest BCUT2D eigenvalue weighted by Gasteiger charge is 2.19. The predicted molar refractivity (Wildman–Crippen MR) is 117 cm³/mol. The van der Waals surface area contributed by atoms with Gasteiger partial charge in [0, 0.05) is 37.6 Å². The first-order valence-corrected chi connectivity index (χ1v) is 10.2. The van der Waals surface area contributed by atoms with E-state index in [4.69, 9.17) is 17.3 Å². The molecule has 0 amide bonds. The van der Waals surface area contributed by atoms with Crippen LogP contribution in [0.1, 0.15) is 17.0 Å². The van der Waals surface area contributed by atoms with Crippen LogP contribution in [-0.2, 0) is 6.67 Å². The van der Waals surface area contributed by atoms with Gasteiger partial charge in [0.05, 0.1) is 6.67 Å². The lowest BCUT2D eigenvalue weighted by molar-refractivity contribution is 0.194. The summed E-state index contributed by atoms with van der Waals surface area (Å²) in [6.45, 7) is 11.1. The zero-order valence-electron chi connectivity index (χ0n) is 16.8. The summed E-state index contributed by atoms with van der Waals surface area (Å²) >= 11 is 5.74. The first-order chi connectivity index (χ1) is 13.5. The minimum Gasteiger partial charge on any atom is -0.369 e. The molecule has 28 heavy (non-hydrogen) atoms. The fourth-order valence-electron chi connectivity index (χ4n) is 3.84. The van der Waals surface area contributed by atoms with E-state index in [1.807, 2.05) is 11.6 Å². The number of piperazine rings is 1. The Morgan fingerprint density at radius 2 is 1.57 bits per heavy atom. The van der Waals surface area contributed by atoms with Crippen LogP contribution in [0.15, 0.2) is 48.5 Å². The molecule has 0 N–H and O–H groups in total. The van der Waals surface area contributed by atoms with Crippen LogP contribution in [0.3, 0.4) is 0 Å². The summed E-state index contributed by atoms with van der Waals surface area (Å²) in [6, 6.07) is 17.0. The van der Waals surface area contributed by atoms with Gasteiger partial charge in [-0.3, -0.25) is 9.47 Å². The summed E-state index contributed by atoms with van der Waals surface area (Å²) in [5.74, 6) is 0.924. The van der Waals surface area contributed by atoms with Crippen molar-refractivity contribution in [3.63, 3.8) is 0 Å². The van der Waals surface area contributed by atoms with Crippen LogP contribution in [0.25, 0.3) is 5.69 Å². The van der Waals surface area contributed by atoms with Crippen molar-refractivity contribution < 1.29 is 0 Å². The second-order valence-electron chi connectivity index (χ2n) is 7.53. The molecule has 0 spiro atoms. The summed E-state index contributed by atoms with van der Waals surface area (Å²) in [5.41, 5.74) is 5.00. The van der Waals surface area contributed by atoms with E-state index in [0.717, 1.165) is 49.1 Å². The highest BCUT2D eigenvalue weighted by Crippen LogP contribution is 2.21. The van der Waals surface area contributed by atoms with E-state index in [9.17, 15) is 0 Å². The SMILES string of the molecule is Cc1ccc(-n2c(C)nn(CN3CCN(c4ccccc4C)CC3)c2=S)cc1. The van der Waals surface area contributed by atoms with Crippen LogP contribution < -0.4 is 4.90 Å². The Kier molecular flexibility index (Phi) is 5.33.